The van der Waals surface area contributed by atoms with Crippen LogP contribution < -0.4 is 10.1 Å². The van der Waals surface area contributed by atoms with Crippen molar-refractivity contribution in [2.45, 2.75) is 6.61 Å². The Morgan fingerprint density at radius 2 is 2.10 bits per heavy atom. The molecule has 0 spiro atoms. The van der Waals surface area contributed by atoms with Gasteiger partial charge in [-0.1, -0.05) is 23.7 Å². The smallest absolute Gasteiger partial charge is 0.262 e. The molecule has 0 radical (unpaired) electrons. The Balaban J connectivity index is 1.92. The number of ether oxygens (including phenoxy) is 1. The van der Waals surface area contributed by atoms with Crippen LogP contribution in [0.3, 0.4) is 0 Å². The van der Waals surface area contributed by atoms with Gasteiger partial charge in [0.1, 0.15) is 0 Å². The van der Waals surface area contributed by atoms with E-state index in [9.17, 15) is 9.18 Å². The Kier molecular flexibility index (Phi) is 5.14. The van der Waals surface area contributed by atoms with Crippen molar-refractivity contribution in [2.75, 3.05) is 11.9 Å². The number of aliphatic hydroxyl groups is 1. The quantitative estimate of drug-likeness (QED) is 0.892. The summed E-state index contributed by atoms with van der Waals surface area (Å²) in [6.45, 7) is -0.589. The lowest BCUT2D eigenvalue weighted by Gasteiger charge is -2.09. The Hall–Kier alpha value is -2.11. The minimum Gasteiger partial charge on any atom is -0.481 e. The van der Waals surface area contributed by atoms with Gasteiger partial charge in [0.15, 0.2) is 18.2 Å². The second-order valence-electron chi connectivity index (χ2n) is 4.27. The van der Waals surface area contributed by atoms with Crippen LogP contribution in [0, 0.1) is 5.82 Å². The predicted molar refractivity (Wildman–Crippen MR) is 77.9 cm³/mol. The van der Waals surface area contributed by atoms with E-state index in [0.29, 0.717) is 16.3 Å². The van der Waals surface area contributed by atoms with Gasteiger partial charge in [-0.15, -0.1) is 0 Å². The number of rotatable bonds is 5. The van der Waals surface area contributed by atoms with Crippen LogP contribution in [0.25, 0.3) is 0 Å². The van der Waals surface area contributed by atoms with Crippen molar-refractivity contribution in [3.63, 3.8) is 0 Å². The number of carbonyl (C=O) groups is 1. The maximum Gasteiger partial charge on any atom is 0.262 e. The van der Waals surface area contributed by atoms with Crippen molar-refractivity contribution in [2.24, 2.45) is 0 Å². The number of hydrogen-bond acceptors (Lipinski definition) is 3. The predicted octanol–water partition coefficient (Wildman–Crippen LogP) is 2.99. The largest absolute Gasteiger partial charge is 0.481 e. The summed E-state index contributed by atoms with van der Waals surface area (Å²) in [5.41, 5.74) is 0.968. The third kappa shape index (κ3) is 4.44. The lowest BCUT2D eigenvalue weighted by atomic mass is 10.2. The minimum atomic E-state index is -0.628. The van der Waals surface area contributed by atoms with Gasteiger partial charge in [-0.25, -0.2) is 4.39 Å². The molecule has 2 aromatic rings. The van der Waals surface area contributed by atoms with Crippen molar-refractivity contribution in [1.29, 1.82) is 0 Å². The first kappa shape index (κ1) is 15.3. The van der Waals surface area contributed by atoms with Crippen LogP contribution in [0.15, 0.2) is 42.5 Å². The summed E-state index contributed by atoms with van der Waals surface area (Å²) in [5.74, 6) is -1.10. The molecule has 0 aliphatic heterocycles. The van der Waals surface area contributed by atoms with Gasteiger partial charge in [0.05, 0.1) is 6.61 Å². The molecule has 1 amide bonds. The number of nitrogens with one attached hydrogen (secondary N) is 1. The molecule has 4 nitrogen and oxygen atoms in total. The highest BCUT2D eigenvalue weighted by atomic mass is 35.5. The number of hydrogen-bond donors (Lipinski definition) is 2. The standard InChI is InChI=1S/C15H13ClFNO3/c16-11-2-1-3-12(7-11)18-15(20)9-21-14-5-4-10(8-19)6-13(14)17/h1-7,19H,8-9H2,(H,18,20). The fraction of sp³-hybridized carbons (Fsp3) is 0.133. The molecule has 21 heavy (non-hydrogen) atoms. The maximum absolute atomic E-state index is 13.6. The molecule has 0 atom stereocenters. The van der Waals surface area contributed by atoms with E-state index in [2.05, 4.69) is 5.32 Å². The van der Waals surface area contributed by atoms with Gasteiger partial charge < -0.3 is 15.2 Å². The van der Waals surface area contributed by atoms with Gasteiger partial charge in [-0.2, -0.15) is 0 Å². The second kappa shape index (κ2) is 7.06. The zero-order chi connectivity index (χ0) is 15.2. The highest BCUT2D eigenvalue weighted by molar-refractivity contribution is 6.30. The molecule has 0 saturated carbocycles. The van der Waals surface area contributed by atoms with Crippen LogP contribution >= 0.6 is 11.6 Å². The topological polar surface area (TPSA) is 58.6 Å². The Bertz CT molecular complexity index is 649. The first-order valence-electron chi connectivity index (χ1n) is 6.16. The number of amides is 1. The Morgan fingerprint density at radius 1 is 1.29 bits per heavy atom. The van der Waals surface area contributed by atoms with Crippen molar-refractivity contribution >= 4 is 23.2 Å². The average molecular weight is 310 g/mol. The van der Waals surface area contributed by atoms with Crippen molar-refractivity contribution in [3.05, 3.63) is 58.9 Å². The molecule has 0 aromatic heterocycles. The van der Waals surface area contributed by atoms with E-state index < -0.39 is 11.7 Å². The van der Waals surface area contributed by atoms with Crippen molar-refractivity contribution in [1.82, 2.24) is 0 Å². The molecule has 0 aliphatic carbocycles. The van der Waals surface area contributed by atoms with E-state index in [-0.39, 0.29) is 19.0 Å². The molecule has 0 unspecified atom stereocenters. The third-order valence-electron chi connectivity index (χ3n) is 2.65. The maximum atomic E-state index is 13.6. The number of benzene rings is 2. The summed E-state index contributed by atoms with van der Waals surface area (Å²) >= 11 is 5.80. The first-order valence-corrected chi connectivity index (χ1v) is 6.54. The van der Waals surface area contributed by atoms with Crippen LogP contribution in [0.4, 0.5) is 10.1 Å². The third-order valence-corrected chi connectivity index (χ3v) is 2.88. The van der Waals surface area contributed by atoms with E-state index in [1.807, 2.05) is 0 Å². The highest BCUT2D eigenvalue weighted by Gasteiger charge is 2.08. The van der Waals surface area contributed by atoms with E-state index in [4.69, 9.17) is 21.4 Å². The molecular formula is C15H13ClFNO3. The number of anilines is 1. The minimum absolute atomic E-state index is 0.0477. The fourth-order valence-electron chi connectivity index (χ4n) is 1.67. The summed E-state index contributed by atoms with van der Waals surface area (Å²) in [5, 5.41) is 12.0. The second-order valence-corrected chi connectivity index (χ2v) is 4.71. The first-order chi connectivity index (χ1) is 10.1. The molecule has 0 heterocycles. The van der Waals surface area contributed by atoms with E-state index in [1.54, 1.807) is 24.3 Å². The molecule has 0 fully saturated rings. The zero-order valence-electron chi connectivity index (χ0n) is 11.0. The van der Waals surface area contributed by atoms with Gasteiger partial charge in [-0.05, 0) is 35.9 Å². The zero-order valence-corrected chi connectivity index (χ0v) is 11.7. The monoisotopic (exact) mass is 309 g/mol. The van der Waals surface area contributed by atoms with Crippen LogP contribution in [0.5, 0.6) is 5.75 Å². The highest BCUT2D eigenvalue weighted by Crippen LogP contribution is 2.19. The Morgan fingerprint density at radius 3 is 2.76 bits per heavy atom. The number of halogens is 2. The SMILES string of the molecule is O=C(COc1ccc(CO)cc1F)Nc1cccc(Cl)c1. The Labute approximate surface area is 126 Å². The average Bonchev–Trinajstić information content (AvgIpc) is 2.46. The summed E-state index contributed by atoms with van der Waals surface area (Å²) in [6, 6.07) is 10.7. The molecule has 0 aliphatic rings. The molecule has 2 rings (SSSR count). The molecule has 0 bridgehead atoms. The van der Waals surface area contributed by atoms with Crippen molar-refractivity contribution in [3.8, 4) is 5.75 Å². The normalized spacial score (nSPS) is 10.2. The fourth-order valence-corrected chi connectivity index (χ4v) is 1.86. The molecular weight excluding hydrogens is 297 g/mol. The lowest BCUT2D eigenvalue weighted by molar-refractivity contribution is -0.118. The summed E-state index contributed by atoms with van der Waals surface area (Å²) < 4.78 is 18.7. The summed E-state index contributed by atoms with van der Waals surface area (Å²) in [6.07, 6.45) is 0. The van der Waals surface area contributed by atoms with E-state index in [1.165, 1.54) is 12.1 Å². The van der Waals surface area contributed by atoms with Crippen molar-refractivity contribution < 1.29 is 19.0 Å². The van der Waals surface area contributed by atoms with Gasteiger partial charge >= 0.3 is 0 Å². The molecule has 110 valence electrons. The number of carbonyl (C=O) groups excluding carboxylic acids is 1. The van der Waals surface area contributed by atoms with Crippen LogP contribution in [0.1, 0.15) is 5.56 Å². The van der Waals surface area contributed by atoms with E-state index >= 15 is 0 Å². The van der Waals surface area contributed by atoms with Crippen LogP contribution in [-0.2, 0) is 11.4 Å². The van der Waals surface area contributed by atoms with Gasteiger partial charge in [0, 0.05) is 10.7 Å². The van der Waals surface area contributed by atoms with Crippen LogP contribution in [-0.4, -0.2) is 17.6 Å². The van der Waals surface area contributed by atoms with E-state index in [0.717, 1.165) is 6.07 Å². The lowest BCUT2D eigenvalue weighted by Crippen LogP contribution is -2.20. The molecule has 2 N–H and O–H groups in total. The van der Waals surface area contributed by atoms with Crippen LogP contribution in [0.2, 0.25) is 5.02 Å². The summed E-state index contributed by atoms with van der Waals surface area (Å²) in [4.78, 5) is 11.7. The van der Waals surface area contributed by atoms with Gasteiger partial charge in [-0.3, -0.25) is 4.79 Å². The number of aliphatic hydroxyl groups excluding tert-OH is 1. The van der Waals surface area contributed by atoms with Gasteiger partial charge in [0.2, 0.25) is 0 Å². The molecule has 0 saturated heterocycles. The summed E-state index contributed by atoms with van der Waals surface area (Å²) in [7, 11) is 0. The van der Waals surface area contributed by atoms with Gasteiger partial charge in [0.25, 0.3) is 5.91 Å². The molecule has 2 aromatic carbocycles. The molecule has 6 heteroatoms.